The summed E-state index contributed by atoms with van der Waals surface area (Å²) in [4.78, 5) is 23.0. The van der Waals surface area contributed by atoms with E-state index in [-0.39, 0.29) is 32.0 Å². The molecule has 0 atom stereocenters. The Morgan fingerprint density at radius 3 is 2.56 bits per heavy atom. The first-order valence-electron chi connectivity index (χ1n) is 7.44. The Kier molecular flexibility index (Phi) is 5.19. The van der Waals surface area contributed by atoms with Gasteiger partial charge in [0, 0.05) is 23.3 Å². The van der Waals surface area contributed by atoms with Crippen molar-refractivity contribution in [2.45, 2.75) is 0 Å². The summed E-state index contributed by atoms with van der Waals surface area (Å²) < 4.78 is 0.155. The largest absolute Gasteiger partial charge is 0.507 e. The van der Waals surface area contributed by atoms with Crippen molar-refractivity contribution in [2.24, 2.45) is 5.10 Å². The standard InChI is InChI=1S/C17H11N3O5S2/c21-13-4-2-1-3-10(13)9-18-19-16(23)15(27-17(19)26)8-11-7-12(20(24)25)5-6-14(11)22/h1-9,21-22H. The average Bonchev–Trinajstić information content (AvgIpc) is 2.89. The van der Waals surface area contributed by atoms with Crippen LogP contribution in [-0.2, 0) is 4.79 Å². The Bertz CT molecular complexity index is 1020. The number of phenolic OH excluding ortho intramolecular Hbond substituents is 2. The number of nitro benzene ring substituents is 1. The summed E-state index contributed by atoms with van der Waals surface area (Å²) in [6.45, 7) is 0. The number of hydrazone groups is 1. The number of hydrogen-bond acceptors (Lipinski definition) is 8. The Balaban J connectivity index is 1.88. The molecule has 0 aliphatic carbocycles. The number of para-hydroxylation sites is 1. The summed E-state index contributed by atoms with van der Waals surface area (Å²) in [5.41, 5.74) is 0.313. The highest BCUT2D eigenvalue weighted by atomic mass is 32.2. The van der Waals surface area contributed by atoms with Crippen LogP contribution in [0.25, 0.3) is 6.08 Å². The molecule has 0 unspecified atom stereocenters. The second-order valence-corrected chi connectivity index (χ2v) is 6.97. The lowest BCUT2D eigenvalue weighted by Crippen LogP contribution is -2.22. The van der Waals surface area contributed by atoms with E-state index >= 15 is 0 Å². The molecule has 1 fully saturated rings. The third-order valence-electron chi connectivity index (χ3n) is 3.53. The van der Waals surface area contributed by atoms with Crippen molar-refractivity contribution in [2.75, 3.05) is 0 Å². The van der Waals surface area contributed by atoms with Crippen molar-refractivity contribution in [3.8, 4) is 11.5 Å². The van der Waals surface area contributed by atoms with Crippen LogP contribution in [0.15, 0.2) is 52.5 Å². The molecule has 8 nitrogen and oxygen atoms in total. The SMILES string of the molecule is O=C1C(=Cc2cc([N+](=O)[O-])ccc2O)SC(=S)N1N=Cc1ccccc1O. The fourth-order valence-corrected chi connectivity index (χ4v) is 3.35. The normalized spacial score (nSPS) is 15.9. The summed E-state index contributed by atoms with van der Waals surface area (Å²) in [6.07, 6.45) is 2.62. The zero-order valence-electron chi connectivity index (χ0n) is 13.5. The van der Waals surface area contributed by atoms with Crippen LogP contribution in [0.3, 0.4) is 0 Å². The van der Waals surface area contributed by atoms with Crippen molar-refractivity contribution in [1.82, 2.24) is 5.01 Å². The fraction of sp³-hybridized carbons (Fsp3) is 0. The van der Waals surface area contributed by atoms with Gasteiger partial charge in [0.05, 0.1) is 16.0 Å². The number of carbonyl (C=O) groups is 1. The summed E-state index contributed by atoms with van der Waals surface area (Å²) in [7, 11) is 0. The predicted octanol–water partition coefficient (Wildman–Crippen LogP) is 3.24. The highest BCUT2D eigenvalue weighted by Crippen LogP contribution is 2.35. The van der Waals surface area contributed by atoms with Crippen LogP contribution >= 0.6 is 24.0 Å². The molecule has 0 aromatic heterocycles. The van der Waals surface area contributed by atoms with E-state index in [1.807, 2.05) is 0 Å². The van der Waals surface area contributed by atoms with Gasteiger partial charge in [-0.3, -0.25) is 14.9 Å². The Morgan fingerprint density at radius 2 is 1.85 bits per heavy atom. The average molecular weight is 401 g/mol. The first-order chi connectivity index (χ1) is 12.9. The lowest BCUT2D eigenvalue weighted by atomic mass is 10.1. The molecular formula is C17H11N3O5S2. The summed E-state index contributed by atoms with van der Waals surface area (Å²) in [5, 5.41) is 35.5. The Hall–Kier alpha value is -3.24. The predicted molar refractivity (Wildman–Crippen MR) is 105 cm³/mol. The smallest absolute Gasteiger partial charge is 0.286 e. The van der Waals surface area contributed by atoms with E-state index in [0.29, 0.717) is 5.56 Å². The molecule has 27 heavy (non-hydrogen) atoms. The third-order valence-corrected chi connectivity index (χ3v) is 4.81. The molecule has 1 amide bonds. The highest BCUT2D eigenvalue weighted by Gasteiger charge is 2.32. The first kappa shape index (κ1) is 18.5. The molecule has 2 aromatic rings. The van der Waals surface area contributed by atoms with Crippen LogP contribution in [0.1, 0.15) is 11.1 Å². The van der Waals surface area contributed by atoms with Gasteiger partial charge in [0.2, 0.25) is 0 Å². The topological polar surface area (TPSA) is 116 Å². The van der Waals surface area contributed by atoms with Gasteiger partial charge < -0.3 is 10.2 Å². The van der Waals surface area contributed by atoms with E-state index in [1.54, 1.807) is 18.2 Å². The molecule has 2 aromatic carbocycles. The maximum atomic E-state index is 12.5. The van der Waals surface area contributed by atoms with Gasteiger partial charge in [-0.1, -0.05) is 23.9 Å². The minimum Gasteiger partial charge on any atom is -0.507 e. The van der Waals surface area contributed by atoms with Crippen LogP contribution in [0.2, 0.25) is 0 Å². The molecule has 1 heterocycles. The van der Waals surface area contributed by atoms with E-state index in [0.717, 1.165) is 28.9 Å². The molecule has 1 aliphatic heterocycles. The molecule has 0 bridgehead atoms. The van der Waals surface area contributed by atoms with E-state index in [1.165, 1.54) is 24.4 Å². The van der Waals surface area contributed by atoms with Crippen LogP contribution < -0.4 is 0 Å². The summed E-state index contributed by atoms with van der Waals surface area (Å²) >= 11 is 6.09. The zero-order chi connectivity index (χ0) is 19.6. The van der Waals surface area contributed by atoms with Crippen molar-refractivity contribution < 1.29 is 19.9 Å². The fourth-order valence-electron chi connectivity index (χ4n) is 2.19. The van der Waals surface area contributed by atoms with Crippen molar-refractivity contribution in [1.29, 1.82) is 0 Å². The van der Waals surface area contributed by atoms with Crippen LogP contribution in [0.5, 0.6) is 11.5 Å². The van der Waals surface area contributed by atoms with Gasteiger partial charge >= 0.3 is 0 Å². The van der Waals surface area contributed by atoms with E-state index in [4.69, 9.17) is 12.2 Å². The van der Waals surface area contributed by atoms with Crippen LogP contribution in [0, 0.1) is 10.1 Å². The highest BCUT2D eigenvalue weighted by molar-refractivity contribution is 8.26. The lowest BCUT2D eigenvalue weighted by Gasteiger charge is -2.06. The third kappa shape index (κ3) is 3.96. The maximum Gasteiger partial charge on any atom is 0.286 e. The van der Waals surface area contributed by atoms with Crippen molar-refractivity contribution in [3.05, 3.63) is 68.6 Å². The van der Waals surface area contributed by atoms with Gasteiger partial charge in [-0.15, -0.1) is 0 Å². The number of amides is 1. The number of non-ortho nitro benzene ring substituents is 1. The number of benzene rings is 2. The number of thioether (sulfide) groups is 1. The number of aromatic hydroxyl groups is 2. The number of nitrogens with zero attached hydrogens (tertiary/aromatic N) is 3. The zero-order valence-corrected chi connectivity index (χ0v) is 15.1. The lowest BCUT2D eigenvalue weighted by molar-refractivity contribution is -0.384. The minimum atomic E-state index is -0.599. The minimum absolute atomic E-state index is 0.00347. The first-order valence-corrected chi connectivity index (χ1v) is 8.66. The molecule has 0 radical (unpaired) electrons. The second-order valence-electron chi connectivity index (χ2n) is 5.30. The van der Waals surface area contributed by atoms with Gasteiger partial charge in [0.25, 0.3) is 11.6 Å². The number of phenols is 2. The second kappa shape index (κ2) is 7.56. The van der Waals surface area contributed by atoms with Crippen LogP contribution in [0.4, 0.5) is 5.69 Å². The van der Waals surface area contributed by atoms with Gasteiger partial charge in [-0.2, -0.15) is 10.1 Å². The summed E-state index contributed by atoms with van der Waals surface area (Å²) in [6, 6.07) is 9.96. The van der Waals surface area contributed by atoms with Crippen molar-refractivity contribution >= 4 is 52.2 Å². The van der Waals surface area contributed by atoms with Gasteiger partial charge in [0.15, 0.2) is 4.32 Å². The summed E-state index contributed by atoms with van der Waals surface area (Å²) in [5.74, 6) is -0.741. The number of nitro groups is 1. The van der Waals surface area contributed by atoms with Gasteiger partial charge in [-0.05, 0) is 36.5 Å². The molecule has 1 saturated heterocycles. The van der Waals surface area contributed by atoms with Gasteiger partial charge in [-0.25, -0.2) is 0 Å². The van der Waals surface area contributed by atoms with E-state index in [9.17, 15) is 25.1 Å². The molecule has 2 N–H and O–H groups in total. The number of hydrogen-bond donors (Lipinski definition) is 2. The monoisotopic (exact) mass is 401 g/mol. The molecule has 10 heteroatoms. The number of carbonyl (C=O) groups excluding carboxylic acids is 1. The number of rotatable bonds is 4. The molecule has 1 aliphatic rings. The number of thiocarbonyl (C=S) groups is 1. The van der Waals surface area contributed by atoms with E-state index < -0.39 is 10.8 Å². The van der Waals surface area contributed by atoms with E-state index in [2.05, 4.69) is 5.10 Å². The quantitative estimate of drug-likeness (QED) is 0.266. The van der Waals surface area contributed by atoms with Crippen LogP contribution in [-0.4, -0.2) is 36.6 Å². The molecule has 0 spiro atoms. The Labute approximate surface area is 162 Å². The molecule has 136 valence electrons. The molecule has 3 rings (SSSR count). The molecule has 0 saturated carbocycles. The Morgan fingerprint density at radius 1 is 1.15 bits per heavy atom. The van der Waals surface area contributed by atoms with Crippen molar-refractivity contribution in [3.63, 3.8) is 0 Å². The van der Waals surface area contributed by atoms with Gasteiger partial charge in [0.1, 0.15) is 11.5 Å². The molecular weight excluding hydrogens is 390 g/mol. The maximum absolute atomic E-state index is 12.5.